The summed E-state index contributed by atoms with van der Waals surface area (Å²) in [6, 6.07) is 8.41. The second-order valence-electron chi connectivity index (χ2n) is 9.14. The Morgan fingerprint density at radius 2 is 1.85 bits per heavy atom. The lowest BCUT2D eigenvalue weighted by Crippen LogP contribution is -2.37. The van der Waals surface area contributed by atoms with Gasteiger partial charge in [-0.05, 0) is 24.3 Å². The number of morpholine rings is 1. The van der Waals surface area contributed by atoms with Crippen LogP contribution in [0.25, 0.3) is 22.6 Å². The number of nitrogens with two attached hydrogens (primary N) is 1. The van der Waals surface area contributed by atoms with Crippen molar-refractivity contribution in [3.8, 4) is 11.4 Å². The zero-order valence-electron chi connectivity index (χ0n) is 22.2. The van der Waals surface area contributed by atoms with Crippen molar-refractivity contribution in [2.75, 3.05) is 48.9 Å². The Balaban J connectivity index is 1.49. The highest BCUT2D eigenvalue weighted by Gasteiger charge is 2.23. The van der Waals surface area contributed by atoms with E-state index >= 15 is 0 Å². The van der Waals surface area contributed by atoms with Gasteiger partial charge in [0.1, 0.15) is 5.82 Å². The number of carbonyl (C=O) groups excluding carboxylic acids is 1. The van der Waals surface area contributed by atoms with E-state index in [-0.39, 0.29) is 5.56 Å². The average molecular weight is 550 g/mol. The summed E-state index contributed by atoms with van der Waals surface area (Å²) in [5.74, 6) is 7.99. The van der Waals surface area contributed by atoms with Crippen molar-refractivity contribution in [3.63, 3.8) is 0 Å². The van der Waals surface area contributed by atoms with Crippen molar-refractivity contribution < 1.29 is 14.4 Å². The van der Waals surface area contributed by atoms with E-state index in [0.717, 1.165) is 53.6 Å². The van der Waals surface area contributed by atoms with Crippen molar-refractivity contribution in [1.29, 1.82) is 0 Å². The minimum absolute atomic E-state index is 0.173. The van der Waals surface area contributed by atoms with Crippen molar-refractivity contribution in [2.24, 2.45) is 12.9 Å². The lowest BCUT2D eigenvalue weighted by Gasteiger charge is -2.28. The van der Waals surface area contributed by atoms with Crippen LogP contribution in [0.4, 0.5) is 11.8 Å². The number of aryl methyl sites for hydroxylation is 1. The fraction of sp³-hybridized carbons (Fsp3) is 0.385. The highest BCUT2D eigenvalue weighted by atomic mass is 32.2. The van der Waals surface area contributed by atoms with Gasteiger partial charge in [-0.15, -0.1) is 11.8 Å². The van der Waals surface area contributed by atoms with Gasteiger partial charge < -0.3 is 23.9 Å². The first kappa shape index (κ1) is 26.8. The topological polar surface area (TPSA) is 137 Å². The molecule has 1 aliphatic rings. The van der Waals surface area contributed by atoms with Gasteiger partial charge in [-0.3, -0.25) is 0 Å². The van der Waals surface area contributed by atoms with Crippen molar-refractivity contribution >= 4 is 40.7 Å². The third kappa shape index (κ3) is 5.79. The van der Waals surface area contributed by atoms with Gasteiger partial charge in [0.15, 0.2) is 22.8 Å². The number of ether oxygens (including phenoxy) is 1. The molecule has 12 nitrogen and oxygen atoms in total. The Hall–Kier alpha value is -3.81. The molecule has 0 atom stereocenters. The number of imidazole rings is 1. The lowest BCUT2D eigenvalue weighted by atomic mass is 10.2. The molecule has 1 fully saturated rings. The lowest BCUT2D eigenvalue weighted by molar-refractivity contribution is 0.0502. The van der Waals surface area contributed by atoms with Crippen LogP contribution in [0, 0.1) is 0 Å². The molecular weight excluding hydrogens is 518 g/mol. The SMILES string of the molecule is CCCSc1ccc(-c2nc(N3CCOCC3)c3nc(CN(C)c4ncc(C(=O)ON)cn4)n(C)c3n2)cc1. The molecule has 4 aromatic rings. The quantitative estimate of drug-likeness (QED) is 0.243. The number of rotatable bonds is 9. The molecule has 0 aliphatic carbocycles. The molecule has 1 aliphatic heterocycles. The van der Waals surface area contributed by atoms with Gasteiger partial charge in [0.05, 0.1) is 25.3 Å². The molecule has 0 amide bonds. The van der Waals surface area contributed by atoms with Crippen molar-refractivity contribution in [2.45, 2.75) is 24.8 Å². The highest BCUT2D eigenvalue weighted by molar-refractivity contribution is 7.99. The zero-order valence-corrected chi connectivity index (χ0v) is 23.0. The van der Waals surface area contributed by atoms with Crippen LogP contribution in [0.2, 0.25) is 0 Å². The fourth-order valence-corrected chi connectivity index (χ4v) is 5.02. The van der Waals surface area contributed by atoms with Gasteiger partial charge in [-0.25, -0.2) is 29.7 Å². The maximum absolute atomic E-state index is 11.6. The Morgan fingerprint density at radius 1 is 1.13 bits per heavy atom. The maximum Gasteiger partial charge on any atom is 0.359 e. The summed E-state index contributed by atoms with van der Waals surface area (Å²) >= 11 is 1.85. The molecule has 39 heavy (non-hydrogen) atoms. The van der Waals surface area contributed by atoms with E-state index in [2.05, 4.69) is 50.9 Å². The molecule has 13 heteroatoms. The van der Waals surface area contributed by atoms with E-state index < -0.39 is 5.97 Å². The zero-order chi connectivity index (χ0) is 27.4. The molecule has 0 spiro atoms. The van der Waals surface area contributed by atoms with Crippen molar-refractivity contribution in [1.82, 2.24) is 29.5 Å². The van der Waals surface area contributed by atoms with E-state index in [1.165, 1.54) is 17.3 Å². The van der Waals surface area contributed by atoms with Crippen LogP contribution in [-0.4, -0.2) is 74.6 Å². The van der Waals surface area contributed by atoms with Gasteiger partial charge in [-0.2, -0.15) is 5.90 Å². The number of hydrogen-bond donors (Lipinski definition) is 1. The highest BCUT2D eigenvalue weighted by Crippen LogP contribution is 2.30. The van der Waals surface area contributed by atoms with E-state index in [1.807, 2.05) is 35.3 Å². The number of aromatic nitrogens is 6. The van der Waals surface area contributed by atoms with Crippen LogP contribution >= 0.6 is 11.8 Å². The fourth-order valence-electron chi connectivity index (χ4n) is 4.25. The average Bonchev–Trinajstić information content (AvgIpc) is 3.30. The maximum atomic E-state index is 11.6. The first-order valence-corrected chi connectivity index (χ1v) is 13.7. The minimum atomic E-state index is -0.695. The van der Waals surface area contributed by atoms with Crippen LogP contribution in [0.1, 0.15) is 29.5 Å². The summed E-state index contributed by atoms with van der Waals surface area (Å²) in [6.07, 6.45) is 3.89. The molecule has 4 heterocycles. The first-order chi connectivity index (χ1) is 19.0. The van der Waals surface area contributed by atoms with Gasteiger partial charge >= 0.3 is 5.97 Å². The monoisotopic (exact) mass is 549 g/mol. The van der Waals surface area contributed by atoms with Gasteiger partial charge in [0.2, 0.25) is 5.95 Å². The molecule has 0 radical (unpaired) electrons. The molecule has 204 valence electrons. The number of hydrogen-bond acceptors (Lipinski definition) is 12. The second-order valence-corrected chi connectivity index (χ2v) is 10.3. The molecule has 1 aromatic carbocycles. The summed E-state index contributed by atoms with van der Waals surface area (Å²) in [4.78, 5) is 44.6. The standard InChI is InChI=1S/C26H31N9O3S/c1-4-13-39-19-7-5-17(6-8-19)22-31-23-21(24(32-22)35-9-11-37-12-10-35)30-20(34(23)3)16-33(2)26-28-14-18(15-29-26)25(36)38-27/h5-8,14-15H,4,9-13,16,27H2,1-3H3. The van der Waals surface area contributed by atoms with E-state index in [0.29, 0.717) is 31.5 Å². The van der Waals surface area contributed by atoms with Crippen LogP contribution < -0.4 is 15.7 Å². The number of nitrogens with zero attached hydrogens (tertiary/aromatic N) is 8. The number of fused-ring (bicyclic) bond motifs is 1. The molecular formula is C26H31N9O3S. The Labute approximate surface area is 230 Å². The molecule has 0 bridgehead atoms. The smallest absolute Gasteiger partial charge is 0.359 e. The first-order valence-electron chi connectivity index (χ1n) is 12.7. The van der Waals surface area contributed by atoms with E-state index in [9.17, 15) is 4.79 Å². The number of benzene rings is 1. The molecule has 2 N–H and O–H groups in total. The molecule has 3 aromatic heterocycles. The molecule has 0 unspecified atom stereocenters. The van der Waals surface area contributed by atoms with Gasteiger partial charge in [-0.1, -0.05) is 19.1 Å². The molecule has 0 saturated carbocycles. The Morgan fingerprint density at radius 3 is 2.51 bits per heavy atom. The normalized spacial score (nSPS) is 13.6. The number of carbonyl (C=O) groups is 1. The summed E-state index contributed by atoms with van der Waals surface area (Å²) in [5.41, 5.74) is 2.61. The van der Waals surface area contributed by atoms with Crippen molar-refractivity contribution in [3.05, 3.63) is 48.0 Å². The van der Waals surface area contributed by atoms with Crippen LogP contribution in [0.15, 0.2) is 41.6 Å². The largest absolute Gasteiger partial charge is 0.378 e. The Bertz CT molecular complexity index is 1440. The number of thioether (sulfide) groups is 1. The summed E-state index contributed by atoms with van der Waals surface area (Å²) in [6.45, 7) is 5.33. The summed E-state index contributed by atoms with van der Waals surface area (Å²) in [5, 5.41) is 0. The predicted octanol–water partition coefficient (Wildman–Crippen LogP) is 2.83. The third-order valence-corrected chi connectivity index (χ3v) is 7.61. The number of anilines is 2. The third-order valence-electron chi connectivity index (χ3n) is 6.39. The van der Waals surface area contributed by atoms with E-state index in [4.69, 9.17) is 25.6 Å². The predicted molar refractivity (Wildman–Crippen MR) is 150 cm³/mol. The second kappa shape index (κ2) is 11.9. The van der Waals surface area contributed by atoms with Crippen LogP contribution in [0.5, 0.6) is 0 Å². The molecule has 1 saturated heterocycles. The Kier molecular flexibility index (Phi) is 8.19. The minimum Gasteiger partial charge on any atom is -0.378 e. The van der Waals surface area contributed by atoms with Gasteiger partial charge in [0.25, 0.3) is 0 Å². The summed E-state index contributed by atoms with van der Waals surface area (Å²) < 4.78 is 7.56. The van der Waals surface area contributed by atoms with Crippen LogP contribution in [-0.2, 0) is 23.2 Å². The summed E-state index contributed by atoms with van der Waals surface area (Å²) in [7, 11) is 3.80. The molecule has 5 rings (SSSR count). The van der Waals surface area contributed by atoms with Crippen LogP contribution in [0.3, 0.4) is 0 Å². The van der Waals surface area contributed by atoms with Gasteiger partial charge in [0, 0.05) is 50.0 Å². The van der Waals surface area contributed by atoms with E-state index in [1.54, 1.807) is 0 Å².